The van der Waals surface area contributed by atoms with Crippen molar-refractivity contribution in [3.8, 4) is 6.19 Å². The molecule has 100 valence electrons. The number of Topliss-reactive ketones (excluding diaryl/α,β-unsaturated/α-hetero) is 1. The second-order valence-electron chi connectivity index (χ2n) is 3.88. The lowest BCUT2D eigenvalue weighted by atomic mass is 10.3. The number of nitrogens with zero attached hydrogens (tertiary/aromatic N) is 2. The molecule has 0 aromatic heterocycles. The Labute approximate surface area is 115 Å². The van der Waals surface area contributed by atoms with Crippen molar-refractivity contribution < 1.29 is 14.3 Å². The minimum atomic E-state index is -1.15. The quantitative estimate of drug-likeness (QED) is 0.332. The molecule has 7 heteroatoms. The molecular weight excluding hydrogens is 272 g/mol. The predicted octanol–water partition coefficient (Wildman–Crippen LogP) is 1.10. The van der Waals surface area contributed by atoms with Gasteiger partial charge in [0.05, 0.1) is 12.6 Å². The highest BCUT2D eigenvalue weighted by atomic mass is 32.2. The van der Waals surface area contributed by atoms with Crippen molar-refractivity contribution in [1.82, 2.24) is 4.90 Å². The van der Waals surface area contributed by atoms with Crippen LogP contribution >= 0.6 is 23.5 Å². The molecule has 0 aliphatic carbocycles. The van der Waals surface area contributed by atoms with E-state index in [2.05, 4.69) is 6.19 Å². The molecular formula is C11H16N2O3S2. The maximum atomic E-state index is 11.9. The molecule has 0 aromatic carbocycles. The first kappa shape index (κ1) is 15.2. The van der Waals surface area contributed by atoms with Crippen LogP contribution in [0.15, 0.2) is 0 Å². The molecule has 1 rings (SSSR count). The molecule has 0 bridgehead atoms. The molecule has 0 spiro atoms. The summed E-state index contributed by atoms with van der Waals surface area (Å²) in [5.74, 6) is 0.449. The van der Waals surface area contributed by atoms with E-state index < -0.39 is 10.0 Å². The van der Waals surface area contributed by atoms with Gasteiger partial charge in [-0.05, 0) is 13.8 Å². The zero-order valence-corrected chi connectivity index (χ0v) is 12.3. The lowest BCUT2D eigenvalue weighted by Gasteiger charge is -2.36. The molecule has 0 unspecified atom stereocenters. The first-order valence-electron chi connectivity index (χ1n) is 5.56. The summed E-state index contributed by atoms with van der Waals surface area (Å²) in [6, 6.07) is 0.0481. The van der Waals surface area contributed by atoms with Crippen molar-refractivity contribution in [1.29, 1.82) is 5.26 Å². The SMILES string of the molecule is CCOC(=O)C1(C(C)=O)SCC(N(C)C#N)CS1. The van der Waals surface area contributed by atoms with Gasteiger partial charge in [0.15, 0.2) is 12.0 Å². The van der Waals surface area contributed by atoms with Crippen LogP contribution in [0.25, 0.3) is 0 Å². The van der Waals surface area contributed by atoms with Gasteiger partial charge in [0.25, 0.3) is 0 Å². The van der Waals surface area contributed by atoms with E-state index in [1.807, 2.05) is 0 Å². The summed E-state index contributed by atoms with van der Waals surface area (Å²) in [6.07, 6.45) is 2.05. The fourth-order valence-electron chi connectivity index (χ4n) is 1.51. The molecule has 0 atom stereocenters. The number of ketones is 1. The first-order valence-corrected chi connectivity index (χ1v) is 7.53. The number of ether oxygens (including phenoxy) is 1. The first-order chi connectivity index (χ1) is 8.47. The highest BCUT2D eigenvalue weighted by Crippen LogP contribution is 2.44. The summed E-state index contributed by atoms with van der Waals surface area (Å²) in [6.45, 7) is 3.39. The van der Waals surface area contributed by atoms with Crippen LogP contribution in [-0.2, 0) is 14.3 Å². The number of hydrogen-bond acceptors (Lipinski definition) is 7. The number of thioether (sulfide) groups is 2. The van der Waals surface area contributed by atoms with Crippen LogP contribution in [-0.4, -0.2) is 51.9 Å². The lowest BCUT2D eigenvalue weighted by Crippen LogP contribution is -2.48. The molecule has 0 saturated carbocycles. The fraction of sp³-hybridized carbons (Fsp3) is 0.727. The van der Waals surface area contributed by atoms with Crippen molar-refractivity contribution in [2.75, 3.05) is 25.2 Å². The van der Waals surface area contributed by atoms with Crippen LogP contribution in [0.1, 0.15) is 13.8 Å². The summed E-state index contributed by atoms with van der Waals surface area (Å²) < 4.78 is 3.84. The summed E-state index contributed by atoms with van der Waals surface area (Å²) in [5.41, 5.74) is 0. The van der Waals surface area contributed by atoms with Gasteiger partial charge in [0.2, 0.25) is 4.08 Å². The Morgan fingerprint density at radius 3 is 2.44 bits per heavy atom. The summed E-state index contributed by atoms with van der Waals surface area (Å²) >= 11 is 2.53. The minimum Gasteiger partial charge on any atom is -0.464 e. The van der Waals surface area contributed by atoms with Gasteiger partial charge in [0, 0.05) is 18.6 Å². The predicted molar refractivity (Wildman–Crippen MR) is 72.1 cm³/mol. The number of carbonyl (C=O) groups excluding carboxylic acids is 2. The molecule has 1 saturated heterocycles. The van der Waals surface area contributed by atoms with E-state index in [9.17, 15) is 9.59 Å². The van der Waals surface area contributed by atoms with Crippen LogP contribution in [0.3, 0.4) is 0 Å². The van der Waals surface area contributed by atoms with Gasteiger partial charge < -0.3 is 9.64 Å². The number of rotatable bonds is 4. The molecule has 1 fully saturated rings. The average molecular weight is 288 g/mol. The van der Waals surface area contributed by atoms with Crippen LogP contribution in [0.2, 0.25) is 0 Å². The molecule has 0 amide bonds. The van der Waals surface area contributed by atoms with E-state index in [4.69, 9.17) is 10.00 Å². The van der Waals surface area contributed by atoms with Crippen molar-refractivity contribution in [2.45, 2.75) is 24.0 Å². The largest absolute Gasteiger partial charge is 0.464 e. The third kappa shape index (κ3) is 2.93. The molecule has 0 aromatic rings. The number of esters is 1. The smallest absolute Gasteiger partial charge is 0.340 e. The van der Waals surface area contributed by atoms with Crippen molar-refractivity contribution in [3.63, 3.8) is 0 Å². The van der Waals surface area contributed by atoms with Crippen molar-refractivity contribution >= 4 is 35.3 Å². The number of hydrogen-bond donors (Lipinski definition) is 0. The van der Waals surface area contributed by atoms with Crippen LogP contribution in [0.5, 0.6) is 0 Å². The highest BCUT2D eigenvalue weighted by molar-refractivity contribution is 8.21. The Bertz CT molecular complexity index is 373. The van der Waals surface area contributed by atoms with E-state index in [1.165, 1.54) is 30.4 Å². The maximum absolute atomic E-state index is 11.9. The number of nitriles is 1. The third-order valence-electron chi connectivity index (χ3n) is 2.67. The van der Waals surface area contributed by atoms with Gasteiger partial charge in [-0.15, -0.1) is 23.5 Å². The summed E-state index contributed by atoms with van der Waals surface area (Å²) in [7, 11) is 1.71. The van der Waals surface area contributed by atoms with Gasteiger partial charge in [-0.1, -0.05) is 0 Å². The van der Waals surface area contributed by atoms with Crippen molar-refractivity contribution in [2.24, 2.45) is 0 Å². The zero-order valence-electron chi connectivity index (χ0n) is 10.6. The normalized spacial score (nSPS) is 27.1. The van der Waals surface area contributed by atoms with Crippen molar-refractivity contribution in [3.05, 3.63) is 0 Å². The molecule has 18 heavy (non-hydrogen) atoms. The maximum Gasteiger partial charge on any atom is 0.340 e. The standard InChI is InChI=1S/C11H16N2O3S2/c1-4-16-10(15)11(8(2)14)17-5-9(6-18-11)13(3)7-12/h9H,4-6H2,1-3H3. The topological polar surface area (TPSA) is 70.4 Å². The van der Waals surface area contributed by atoms with Crippen LogP contribution < -0.4 is 0 Å². The second-order valence-corrected chi connectivity index (χ2v) is 6.61. The van der Waals surface area contributed by atoms with E-state index in [0.29, 0.717) is 11.5 Å². The Morgan fingerprint density at radius 1 is 1.50 bits per heavy atom. The van der Waals surface area contributed by atoms with E-state index in [1.54, 1.807) is 18.9 Å². The van der Waals surface area contributed by atoms with Gasteiger partial charge in [-0.2, -0.15) is 5.26 Å². The van der Waals surface area contributed by atoms with Crippen LogP contribution in [0.4, 0.5) is 0 Å². The zero-order chi connectivity index (χ0) is 13.8. The molecule has 5 nitrogen and oxygen atoms in total. The Hall–Kier alpha value is -0.870. The van der Waals surface area contributed by atoms with E-state index in [0.717, 1.165) is 0 Å². The third-order valence-corrected chi connectivity index (χ3v) is 6.20. The molecule has 1 heterocycles. The van der Waals surface area contributed by atoms with Gasteiger partial charge in [-0.3, -0.25) is 4.79 Å². The van der Waals surface area contributed by atoms with Gasteiger partial charge in [0.1, 0.15) is 0 Å². The lowest BCUT2D eigenvalue weighted by molar-refractivity contribution is -0.145. The Kier molecular flexibility index (Phi) is 5.35. The number of carbonyl (C=O) groups is 2. The van der Waals surface area contributed by atoms with E-state index in [-0.39, 0.29) is 18.4 Å². The second kappa shape index (κ2) is 6.34. The van der Waals surface area contributed by atoms with Gasteiger partial charge >= 0.3 is 5.97 Å². The average Bonchev–Trinajstić information content (AvgIpc) is 2.37. The van der Waals surface area contributed by atoms with E-state index >= 15 is 0 Å². The Morgan fingerprint density at radius 2 is 2.06 bits per heavy atom. The minimum absolute atomic E-state index is 0.0481. The molecule has 0 N–H and O–H groups in total. The fourth-order valence-corrected chi connectivity index (χ4v) is 4.70. The van der Waals surface area contributed by atoms with Crippen LogP contribution in [0, 0.1) is 11.5 Å². The highest BCUT2D eigenvalue weighted by Gasteiger charge is 2.49. The molecule has 1 aliphatic rings. The Balaban J connectivity index is 2.78. The summed E-state index contributed by atoms with van der Waals surface area (Å²) in [4.78, 5) is 25.3. The monoisotopic (exact) mass is 288 g/mol. The summed E-state index contributed by atoms with van der Waals surface area (Å²) in [5, 5.41) is 8.82. The molecule has 1 aliphatic heterocycles. The molecule has 0 radical (unpaired) electrons. The van der Waals surface area contributed by atoms with Gasteiger partial charge in [-0.25, -0.2) is 4.79 Å².